The van der Waals surface area contributed by atoms with Gasteiger partial charge in [-0.1, -0.05) is 60.7 Å². The number of aromatic nitrogens is 2. The van der Waals surface area contributed by atoms with E-state index in [-0.39, 0.29) is 24.0 Å². The van der Waals surface area contributed by atoms with Gasteiger partial charge in [0.2, 0.25) is 11.8 Å². The Morgan fingerprint density at radius 1 is 0.933 bits per heavy atom. The van der Waals surface area contributed by atoms with E-state index >= 15 is 0 Å². The lowest BCUT2D eigenvalue weighted by molar-refractivity contribution is -0.122. The zero-order valence-corrected chi connectivity index (χ0v) is 17.0. The van der Waals surface area contributed by atoms with Crippen molar-refractivity contribution in [2.75, 3.05) is 0 Å². The summed E-state index contributed by atoms with van der Waals surface area (Å²) in [5.74, 6) is 0.730. The predicted octanol–water partition coefficient (Wildman–Crippen LogP) is 4.51. The Kier molecular flexibility index (Phi) is 6.70. The van der Waals surface area contributed by atoms with E-state index in [1.54, 1.807) is 18.6 Å². The van der Waals surface area contributed by atoms with Gasteiger partial charge in [0.15, 0.2) is 0 Å². The molecule has 4 rings (SSSR count). The highest BCUT2D eigenvalue weighted by Gasteiger charge is 2.25. The van der Waals surface area contributed by atoms with Crippen molar-refractivity contribution in [2.45, 2.75) is 50.2 Å². The molecule has 1 aliphatic rings. The molecular formula is C25H27N3O2. The minimum atomic E-state index is 0.0590. The van der Waals surface area contributed by atoms with Crippen molar-refractivity contribution in [3.63, 3.8) is 0 Å². The molecule has 0 spiro atoms. The van der Waals surface area contributed by atoms with E-state index in [0.29, 0.717) is 12.3 Å². The van der Waals surface area contributed by atoms with E-state index in [4.69, 9.17) is 4.74 Å². The average Bonchev–Trinajstić information content (AvgIpc) is 2.81. The fourth-order valence-corrected chi connectivity index (χ4v) is 4.11. The molecule has 2 aromatic carbocycles. The van der Waals surface area contributed by atoms with Crippen LogP contribution in [0.1, 0.15) is 49.1 Å². The second-order valence-corrected chi connectivity index (χ2v) is 7.78. The Balaban J connectivity index is 1.32. The third-order valence-corrected chi connectivity index (χ3v) is 5.66. The molecular weight excluding hydrogens is 374 g/mol. The standard InChI is InChI=1S/C25H27N3O2/c29-24(17-23(19-7-3-1-4-8-19)20-9-5-2-6-10-20)28-21-11-13-22(14-12-21)30-25-18-26-15-16-27-25/h1-10,15-16,18,21-23H,11-14,17H2,(H,28,29). The number of hydrogen-bond acceptors (Lipinski definition) is 4. The highest BCUT2D eigenvalue weighted by atomic mass is 16.5. The van der Waals surface area contributed by atoms with E-state index < -0.39 is 0 Å². The summed E-state index contributed by atoms with van der Waals surface area (Å²) in [6, 6.07) is 20.7. The average molecular weight is 402 g/mol. The van der Waals surface area contributed by atoms with Crippen LogP contribution in [0.4, 0.5) is 0 Å². The molecule has 1 aromatic heterocycles. The molecule has 0 aliphatic heterocycles. The number of hydrogen-bond donors (Lipinski definition) is 1. The summed E-state index contributed by atoms with van der Waals surface area (Å²) >= 11 is 0. The largest absolute Gasteiger partial charge is 0.473 e. The van der Waals surface area contributed by atoms with Crippen LogP contribution in [0.15, 0.2) is 79.3 Å². The van der Waals surface area contributed by atoms with Crippen LogP contribution in [0.25, 0.3) is 0 Å². The smallest absolute Gasteiger partial charge is 0.232 e. The molecule has 0 atom stereocenters. The monoisotopic (exact) mass is 401 g/mol. The molecule has 1 saturated carbocycles. The quantitative estimate of drug-likeness (QED) is 0.633. The van der Waals surface area contributed by atoms with Gasteiger partial charge in [-0.05, 0) is 36.8 Å². The van der Waals surface area contributed by atoms with E-state index in [0.717, 1.165) is 25.7 Å². The summed E-state index contributed by atoms with van der Waals surface area (Å²) in [7, 11) is 0. The molecule has 1 amide bonds. The SMILES string of the molecule is O=C(CC(c1ccccc1)c1ccccc1)NC1CCC(Oc2cnccn2)CC1. The van der Waals surface area contributed by atoms with Crippen LogP contribution < -0.4 is 10.1 Å². The van der Waals surface area contributed by atoms with Gasteiger partial charge in [-0.3, -0.25) is 9.78 Å². The molecule has 0 unspecified atom stereocenters. The number of nitrogens with zero attached hydrogens (tertiary/aromatic N) is 2. The van der Waals surface area contributed by atoms with E-state index in [1.165, 1.54) is 11.1 Å². The maximum absolute atomic E-state index is 12.9. The maximum atomic E-state index is 12.9. The maximum Gasteiger partial charge on any atom is 0.232 e. The topological polar surface area (TPSA) is 64.1 Å². The summed E-state index contributed by atoms with van der Waals surface area (Å²) in [6.45, 7) is 0. The van der Waals surface area contributed by atoms with E-state index in [2.05, 4.69) is 39.6 Å². The second kappa shape index (κ2) is 10.0. The van der Waals surface area contributed by atoms with E-state index in [9.17, 15) is 4.79 Å². The van der Waals surface area contributed by atoms with Gasteiger partial charge in [-0.25, -0.2) is 4.98 Å². The summed E-state index contributed by atoms with van der Waals surface area (Å²) < 4.78 is 5.90. The molecule has 5 heteroatoms. The lowest BCUT2D eigenvalue weighted by atomic mass is 9.87. The first-order valence-corrected chi connectivity index (χ1v) is 10.6. The molecule has 5 nitrogen and oxygen atoms in total. The van der Waals surface area contributed by atoms with Crippen molar-refractivity contribution in [1.82, 2.24) is 15.3 Å². The lowest BCUT2D eigenvalue weighted by Gasteiger charge is -2.29. The zero-order valence-electron chi connectivity index (χ0n) is 17.0. The molecule has 0 saturated heterocycles. The molecule has 30 heavy (non-hydrogen) atoms. The van der Waals surface area contributed by atoms with Crippen LogP contribution >= 0.6 is 0 Å². The Labute approximate surface area is 177 Å². The van der Waals surface area contributed by atoms with Gasteiger partial charge in [0, 0.05) is 30.8 Å². The second-order valence-electron chi connectivity index (χ2n) is 7.78. The molecule has 1 fully saturated rings. The highest BCUT2D eigenvalue weighted by molar-refractivity contribution is 5.78. The van der Waals surface area contributed by atoms with Crippen LogP contribution in [0.3, 0.4) is 0 Å². The third kappa shape index (κ3) is 5.44. The summed E-state index contributed by atoms with van der Waals surface area (Å²) in [5, 5.41) is 3.25. The Morgan fingerprint density at radius 3 is 2.13 bits per heavy atom. The van der Waals surface area contributed by atoms with Crippen molar-refractivity contribution < 1.29 is 9.53 Å². The first-order valence-electron chi connectivity index (χ1n) is 10.6. The van der Waals surface area contributed by atoms with Crippen LogP contribution in [0, 0.1) is 0 Å². The molecule has 3 aromatic rings. The van der Waals surface area contributed by atoms with Crippen LogP contribution in [0.5, 0.6) is 5.88 Å². The van der Waals surface area contributed by atoms with Crippen molar-refractivity contribution >= 4 is 5.91 Å². The molecule has 1 heterocycles. The van der Waals surface area contributed by atoms with Gasteiger partial charge >= 0.3 is 0 Å². The molecule has 0 bridgehead atoms. The number of carbonyl (C=O) groups is 1. The molecule has 0 radical (unpaired) electrons. The normalized spacial score (nSPS) is 18.7. The summed E-state index contributed by atoms with van der Waals surface area (Å²) in [6.07, 6.45) is 9.14. The fourth-order valence-electron chi connectivity index (χ4n) is 4.11. The molecule has 1 aliphatic carbocycles. The van der Waals surface area contributed by atoms with Crippen molar-refractivity contribution in [1.29, 1.82) is 0 Å². The van der Waals surface area contributed by atoms with Crippen molar-refractivity contribution in [3.8, 4) is 5.88 Å². The molecule has 1 N–H and O–H groups in total. The van der Waals surface area contributed by atoms with Gasteiger partial charge in [-0.15, -0.1) is 0 Å². The number of rotatable bonds is 7. The fraction of sp³-hybridized carbons (Fsp3) is 0.320. The van der Waals surface area contributed by atoms with Gasteiger partial charge in [0.05, 0.1) is 6.20 Å². The summed E-state index contributed by atoms with van der Waals surface area (Å²) in [4.78, 5) is 21.1. The Bertz CT molecular complexity index is 871. The minimum absolute atomic E-state index is 0.0590. The van der Waals surface area contributed by atoms with Gasteiger partial charge in [0.1, 0.15) is 6.10 Å². The highest BCUT2D eigenvalue weighted by Crippen LogP contribution is 2.28. The zero-order chi connectivity index (χ0) is 20.6. The van der Waals surface area contributed by atoms with Gasteiger partial charge in [-0.2, -0.15) is 0 Å². The van der Waals surface area contributed by atoms with Gasteiger partial charge in [0.25, 0.3) is 0 Å². The first-order chi connectivity index (χ1) is 14.8. The van der Waals surface area contributed by atoms with Crippen molar-refractivity contribution in [3.05, 3.63) is 90.4 Å². The van der Waals surface area contributed by atoms with Crippen LogP contribution in [-0.4, -0.2) is 28.0 Å². The predicted molar refractivity (Wildman–Crippen MR) is 116 cm³/mol. The summed E-state index contributed by atoms with van der Waals surface area (Å²) in [5.41, 5.74) is 2.33. The number of carbonyl (C=O) groups excluding carboxylic acids is 1. The van der Waals surface area contributed by atoms with Crippen LogP contribution in [0.2, 0.25) is 0 Å². The number of amides is 1. The Hall–Kier alpha value is -3.21. The Morgan fingerprint density at radius 2 is 1.57 bits per heavy atom. The first kappa shape index (κ1) is 20.1. The molecule has 154 valence electrons. The van der Waals surface area contributed by atoms with Crippen LogP contribution in [-0.2, 0) is 4.79 Å². The minimum Gasteiger partial charge on any atom is -0.473 e. The number of ether oxygens (including phenoxy) is 1. The third-order valence-electron chi connectivity index (χ3n) is 5.66. The lowest BCUT2D eigenvalue weighted by Crippen LogP contribution is -2.40. The number of benzene rings is 2. The van der Waals surface area contributed by atoms with E-state index in [1.807, 2.05) is 36.4 Å². The van der Waals surface area contributed by atoms with Crippen molar-refractivity contribution in [2.24, 2.45) is 0 Å². The number of nitrogens with one attached hydrogen (secondary N) is 1. The van der Waals surface area contributed by atoms with Gasteiger partial charge < -0.3 is 10.1 Å².